The second-order valence-corrected chi connectivity index (χ2v) is 6.12. The van der Waals surface area contributed by atoms with E-state index in [4.69, 9.17) is 0 Å². The van der Waals surface area contributed by atoms with Gasteiger partial charge in [-0.25, -0.2) is 8.42 Å². The summed E-state index contributed by atoms with van der Waals surface area (Å²) >= 11 is 3.09. The largest absolute Gasteiger partial charge is 0.326 e. The van der Waals surface area contributed by atoms with E-state index in [1.54, 1.807) is 12.1 Å². The van der Waals surface area contributed by atoms with Crippen LogP contribution in [0.2, 0.25) is 0 Å². The van der Waals surface area contributed by atoms with Crippen LogP contribution in [0, 0.1) is 0 Å². The number of nitrogens with one attached hydrogen (secondary N) is 1. The fourth-order valence-corrected chi connectivity index (χ4v) is 3.44. The minimum atomic E-state index is -3.22. The SMILES string of the molecule is CC(=O)Nc1ccc(S(=O)(=O)CCBr)cc1. The second kappa shape index (κ2) is 5.45. The number of alkyl halides is 1. The molecule has 0 fully saturated rings. The van der Waals surface area contributed by atoms with Crippen molar-refractivity contribution in [3.05, 3.63) is 24.3 Å². The molecule has 0 aliphatic rings. The molecule has 0 saturated carbocycles. The standard InChI is InChI=1S/C10H12BrNO3S/c1-8(13)12-9-2-4-10(5-3-9)16(14,15)7-6-11/h2-5H,6-7H2,1H3,(H,12,13). The average molecular weight is 306 g/mol. The first-order chi connectivity index (χ1) is 7.45. The Morgan fingerprint density at radius 1 is 1.31 bits per heavy atom. The second-order valence-electron chi connectivity index (χ2n) is 3.21. The zero-order chi connectivity index (χ0) is 12.2. The highest BCUT2D eigenvalue weighted by molar-refractivity contribution is 9.09. The highest BCUT2D eigenvalue weighted by atomic mass is 79.9. The highest BCUT2D eigenvalue weighted by Crippen LogP contribution is 2.15. The molecule has 0 unspecified atom stereocenters. The molecule has 1 amide bonds. The molecule has 0 spiro atoms. The van der Waals surface area contributed by atoms with E-state index in [0.717, 1.165) is 0 Å². The molecule has 0 aliphatic heterocycles. The van der Waals surface area contributed by atoms with Crippen LogP contribution in [0.25, 0.3) is 0 Å². The smallest absolute Gasteiger partial charge is 0.221 e. The normalized spacial score (nSPS) is 11.1. The lowest BCUT2D eigenvalue weighted by molar-refractivity contribution is -0.114. The lowest BCUT2D eigenvalue weighted by Gasteiger charge is -2.04. The summed E-state index contributed by atoms with van der Waals surface area (Å²) in [4.78, 5) is 11.0. The number of hydrogen-bond donors (Lipinski definition) is 1. The highest BCUT2D eigenvalue weighted by Gasteiger charge is 2.12. The number of sulfone groups is 1. The van der Waals surface area contributed by atoms with Gasteiger partial charge in [-0.2, -0.15) is 0 Å². The molecule has 4 nitrogen and oxygen atoms in total. The summed E-state index contributed by atoms with van der Waals surface area (Å²) < 4.78 is 23.3. The Morgan fingerprint density at radius 2 is 1.88 bits per heavy atom. The van der Waals surface area contributed by atoms with E-state index < -0.39 is 9.84 Å². The third kappa shape index (κ3) is 3.61. The first kappa shape index (κ1) is 13.2. The predicted octanol–water partition coefficient (Wildman–Crippen LogP) is 1.81. The van der Waals surface area contributed by atoms with E-state index >= 15 is 0 Å². The Kier molecular flexibility index (Phi) is 4.49. The Bertz CT molecular complexity index is 467. The van der Waals surface area contributed by atoms with Crippen LogP contribution in [0.3, 0.4) is 0 Å². The molecule has 1 aromatic carbocycles. The molecule has 16 heavy (non-hydrogen) atoms. The third-order valence-corrected chi connectivity index (χ3v) is 4.53. The van der Waals surface area contributed by atoms with E-state index in [0.29, 0.717) is 11.0 Å². The van der Waals surface area contributed by atoms with Gasteiger partial charge in [0.05, 0.1) is 10.6 Å². The van der Waals surface area contributed by atoms with Gasteiger partial charge in [0.25, 0.3) is 0 Å². The van der Waals surface area contributed by atoms with Gasteiger partial charge in [-0.15, -0.1) is 0 Å². The van der Waals surface area contributed by atoms with Crippen molar-refractivity contribution in [1.82, 2.24) is 0 Å². The van der Waals surface area contributed by atoms with E-state index in [1.165, 1.54) is 19.1 Å². The maximum Gasteiger partial charge on any atom is 0.221 e. The molecule has 1 N–H and O–H groups in total. The minimum Gasteiger partial charge on any atom is -0.326 e. The van der Waals surface area contributed by atoms with Crippen LogP contribution in [0.1, 0.15) is 6.92 Å². The fourth-order valence-electron chi connectivity index (χ4n) is 1.17. The molecule has 0 aromatic heterocycles. The van der Waals surface area contributed by atoms with Gasteiger partial charge in [0.15, 0.2) is 9.84 Å². The zero-order valence-corrected chi connectivity index (χ0v) is 11.1. The van der Waals surface area contributed by atoms with Gasteiger partial charge in [0.2, 0.25) is 5.91 Å². The number of carbonyl (C=O) groups is 1. The maximum absolute atomic E-state index is 11.6. The van der Waals surface area contributed by atoms with E-state index in [2.05, 4.69) is 21.2 Å². The molecule has 88 valence electrons. The van der Waals surface area contributed by atoms with Crippen molar-refractivity contribution in [3.63, 3.8) is 0 Å². The van der Waals surface area contributed by atoms with Crippen molar-refractivity contribution in [2.75, 3.05) is 16.4 Å². The molecule has 0 heterocycles. The van der Waals surface area contributed by atoms with Gasteiger partial charge in [-0.05, 0) is 24.3 Å². The topological polar surface area (TPSA) is 63.2 Å². The van der Waals surface area contributed by atoms with Crippen LogP contribution in [0.4, 0.5) is 5.69 Å². The van der Waals surface area contributed by atoms with Crippen LogP contribution in [0.15, 0.2) is 29.2 Å². The Balaban J connectivity index is 2.91. The van der Waals surface area contributed by atoms with Crippen molar-refractivity contribution >= 4 is 37.4 Å². The van der Waals surface area contributed by atoms with Gasteiger partial charge in [0.1, 0.15) is 0 Å². The number of rotatable bonds is 4. The molecule has 0 aliphatic carbocycles. The molecule has 0 atom stereocenters. The van der Waals surface area contributed by atoms with E-state index in [1.807, 2.05) is 0 Å². The number of benzene rings is 1. The monoisotopic (exact) mass is 305 g/mol. The van der Waals surface area contributed by atoms with Crippen LogP contribution in [-0.2, 0) is 14.6 Å². The van der Waals surface area contributed by atoms with Crippen LogP contribution in [-0.4, -0.2) is 25.4 Å². The van der Waals surface area contributed by atoms with E-state index in [9.17, 15) is 13.2 Å². The first-order valence-corrected chi connectivity index (χ1v) is 7.39. The summed E-state index contributed by atoms with van der Waals surface area (Å²) in [6.07, 6.45) is 0. The molecule has 6 heteroatoms. The lowest BCUT2D eigenvalue weighted by atomic mass is 10.3. The summed E-state index contributed by atoms with van der Waals surface area (Å²) in [6, 6.07) is 6.12. The number of amides is 1. The predicted molar refractivity (Wildman–Crippen MR) is 66.6 cm³/mol. The molecule has 0 saturated heterocycles. The number of hydrogen-bond acceptors (Lipinski definition) is 3. The van der Waals surface area contributed by atoms with Crippen molar-refractivity contribution in [1.29, 1.82) is 0 Å². The maximum atomic E-state index is 11.6. The van der Waals surface area contributed by atoms with Crippen molar-refractivity contribution < 1.29 is 13.2 Å². The quantitative estimate of drug-likeness (QED) is 0.863. The summed E-state index contributed by atoms with van der Waals surface area (Å²) in [5.74, 6) is -0.122. The van der Waals surface area contributed by atoms with Crippen molar-refractivity contribution in [2.45, 2.75) is 11.8 Å². The van der Waals surface area contributed by atoms with Gasteiger partial charge < -0.3 is 5.32 Å². The van der Waals surface area contributed by atoms with Crippen molar-refractivity contribution in [3.8, 4) is 0 Å². The summed E-state index contributed by atoms with van der Waals surface area (Å²) in [5, 5.41) is 2.98. The molecule has 1 aromatic rings. The average Bonchev–Trinajstić information content (AvgIpc) is 2.17. The van der Waals surface area contributed by atoms with E-state index in [-0.39, 0.29) is 16.6 Å². The zero-order valence-electron chi connectivity index (χ0n) is 8.73. The molecule has 1 rings (SSSR count). The van der Waals surface area contributed by atoms with Crippen LogP contribution in [0.5, 0.6) is 0 Å². The summed E-state index contributed by atoms with van der Waals surface area (Å²) in [7, 11) is -3.22. The number of halogens is 1. The van der Waals surface area contributed by atoms with Gasteiger partial charge in [-0.3, -0.25) is 4.79 Å². The van der Waals surface area contributed by atoms with Gasteiger partial charge >= 0.3 is 0 Å². The van der Waals surface area contributed by atoms with Gasteiger partial charge in [-0.1, -0.05) is 15.9 Å². The number of anilines is 1. The Morgan fingerprint density at radius 3 is 2.31 bits per heavy atom. The van der Waals surface area contributed by atoms with Gasteiger partial charge in [0, 0.05) is 17.9 Å². The third-order valence-electron chi connectivity index (χ3n) is 1.88. The molecular weight excluding hydrogens is 294 g/mol. The first-order valence-electron chi connectivity index (χ1n) is 4.62. The summed E-state index contributed by atoms with van der Waals surface area (Å²) in [6.45, 7) is 1.40. The van der Waals surface area contributed by atoms with Crippen LogP contribution < -0.4 is 5.32 Å². The summed E-state index contributed by atoms with van der Waals surface area (Å²) in [5.41, 5.74) is 0.588. The lowest BCUT2D eigenvalue weighted by Crippen LogP contribution is -2.09. The molecule has 0 radical (unpaired) electrons. The molecular formula is C10H12BrNO3S. The Hall–Kier alpha value is -0.880. The minimum absolute atomic E-state index is 0.0620. The molecule has 0 bridgehead atoms. The van der Waals surface area contributed by atoms with Crippen molar-refractivity contribution in [2.24, 2.45) is 0 Å². The Labute approximate surface area is 103 Å². The van der Waals surface area contributed by atoms with Crippen LogP contribution >= 0.6 is 15.9 Å². The number of carbonyl (C=O) groups excluding carboxylic acids is 1. The fraction of sp³-hybridized carbons (Fsp3) is 0.300.